The van der Waals surface area contributed by atoms with Gasteiger partial charge in [-0.05, 0) is 26.2 Å². The van der Waals surface area contributed by atoms with Crippen molar-refractivity contribution in [3.05, 3.63) is 25.3 Å². The lowest BCUT2D eigenvalue weighted by Gasteiger charge is -2.23. The molecule has 0 aliphatic carbocycles. The molecule has 2 N–H and O–H groups in total. The minimum atomic E-state index is -0.566. The molecule has 0 aromatic rings. The highest BCUT2D eigenvalue weighted by Gasteiger charge is 2.20. The molecule has 6 nitrogen and oxygen atoms in total. The molecule has 2 amide bonds. The van der Waals surface area contributed by atoms with Crippen molar-refractivity contribution in [3.8, 4) is 0 Å². The summed E-state index contributed by atoms with van der Waals surface area (Å²) in [6.07, 6.45) is 2.81. The van der Waals surface area contributed by atoms with E-state index in [9.17, 15) is 9.59 Å². The minimum Gasteiger partial charge on any atom is -0.365 e. The molecule has 0 fully saturated rings. The molecule has 6 heteroatoms. The van der Waals surface area contributed by atoms with Gasteiger partial charge in [-0.1, -0.05) is 26.0 Å². The molecule has 0 spiro atoms. The van der Waals surface area contributed by atoms with Crippen molar-refractivity contribution in [1.82, 2.24) is 10.6 Å². The lowest BCUT2D eigenvalue weighted by molar-refractivity contribution is -0.133. The Kier molecular flexibility index (Phi) is 11.8. The first-order valence-electron chi connectivity index (χ1n) is 8.34. The van der Waals surface area contributed by atoms with E-state index in [-0.39, 0.29) is 17.9 Å². The van der Waals surface area contributed by atoms with Gasteiger partial charge in [0.15, 0.2) is 0 Å². The summed E-state index contributed by atoms with van der Waals surface area (Å²) in [5.74, 6) is -0.0328. The van der Waals surface area contributed by atoms with Crippen LogP contribution >= 0.6 is 0 Å². The molecule has 0 rings (SSSR count). The Hall–Kier alpha value is -1.66. The summed E-state index contributed by atoms with van der Waals surface area (Å²) >= 11 is 0. The Morgan fingerprint density at radius 1 is 0.958 bits per heavy atom. The Bertz CT molecular complexity index is 410. The largest absolute Gasteiger partial charge is 0.365 e. The summed E-state index contributed by atoms with van der Waals surface area (Å²) in [7, 11) is 0. The van der Waals surface area contributed by atoms with Gasteiger partial charge in [-0.3, -0.25) is 9.59 Å². The van der Waals surface area contributed by atoms with Gasteiger partial charge in [0.1, 0.15) is 12.2 Å². The number of hydrogen-bond donors (Lipinski definition) is 2. The summed E-state index contributed by atoms with van der Waals surface area (Å²) in [6.45, 7) is 15.6. The van der Waals surface area contributed by atoms with E-state index in [0.717, 1.165) is 6.42 Å². The molecule has 0 radical (unpaired) electrons. The first-order valence-corrected chi connectivity index (χ1v) is 8.34. The van der Waals surface area contributed by atoms with Gasteiger partial charge in [-0.2, -0.15) is 0 Å². The summed E-state index contributed by atoms with van der Waals surface area (Å²) in [6, 6.07) is -0.164. The summed E-state index contributed by atoms with van der Waals surface area (Å²) in [5, 5.41) is 5.74. The van der Waals surface area contributed by atoms with Crippen LogP contribution in [0.4, 0.5) is 0 Å². The molecule has 0 heterocycles. The van der Waals surface area contributed by atoms with E-state index >= 15 is 0 Å². The van der Waals surface area contributed by atoms with Gasteiger partial charge < -0.3 is 20.1 Å². The first-order chi connectivity index (χ1) is 11.3. The van der Waals surface area contributed by atoms with Gasteiger partial charge in [0.2, 0.25) is 11.8 Å². The van der Waals surface area contributed by atoms with E-state index in [2.05, 4.69) is 37.6 Å². The van der Waals surface area contributed by atoms with Crippen LogP contribution in [0.3, 0.4) is 0 Å². The highest BCUT2D eigenvalue weighted by molar-refractivity contribution is 5.81. The molecule has 0 aliphatic heterocycles. The van der Waals surface area contributed by atoms with Crippen LogP contribution < -0.4 is 10.6 Å². The van der Waals surface area contributed by atoms with Gasteiger partial charge in [-0.15, -0.1) is 13.2 Å². The second kappa shape index (κ2) is 12.7. The average molecular weight is 340 g/mol. The molecule has 0 unspecified atom stereocenters. The van der Waals surface area contributed by atoms with Crippen molar-refractivity contribution in [2.45, 2.75) is 52.4 Å². The van der Waals surface area contributed by atoms with Crippen LogP contribution in [0.1, 0.15) is 34.1 Å². The summed E-state index contributed by atoms with van der Waals surface area (Å²) in [4.78, 5) is 24.1. The van der Waals surface area contributed by atoms with Crippen LogP contribution in [0.25, 0.3) is 0 Å². The van der Waals surface area contributed by atoms with Crippen LogP contribution in [0, 0.1) is 5.92 Å². The SMILES string of the molecule is C=CCO[C@H](C)C(=O)NC[C@H](CC(C)C)NC(=O)[C@@H](C)OCC=C. The smallest absolute Gasteiger partial charge is 0.249 e. The molecule has 0 aliphatic rings. The fourth-order valence-electron chi connectivity index (χ4n) is 2.02. The second-order valence-electron chi connectivity index (χ2n) is 6.11. The lowest BCUT2D eigenvalue weighted by atomic mass is 10.0. The Labute approximate surface area is 145 Å². The van der Waals surface area contributed by atoms with Crippen LogP contribution in [-0.2, 0) is 19.1 Å². The van der Waals surface area contributed by atoms with Crippen molar-refractivity contribution in [3.63, 3.8) is 0 Å². The molecular weight excluding hydrogens is 308 g/mol. The van der Waals surface area contributed by atoms with E-state index in [1.165, 1.54) is 0 Å². The maximum absolute atomic E-state index is 12.1. The molecule has 138 valence electrons. The van der Waals surface area contributed by atoms with Gasteiger partial charge in [0.25, 0.3) is 0 Å². The zero-order chi connectivity index (χ0) is 18.5. The zero-order valence-corrected chi connectivity index (χ0v) is 15.3. The summed E-state index contributed by atoms with van der Waals surface area (Å²) < 4.78 is 10.6. The number of amides is 2. The summed E-state index contributed by atoms with van der Waals surface area (Å²) in [5.41, 5.74) is 0. The highest BCUT2D eigenvalue weighted by atomic mass is 16.5. The molecule has 0 saturated heterocycles. The van der Waals surface area contributed by atoms with Crippen molar-refractivity contribution in [2.24, 2.45) is 5.92 Å². The van der Waals surface area contributed by atoms with Crippen LogP contribution in [0.15, 0.2) is 25.3 Å². The van der Waals surface area contributed by atoms with E-state index in [0.29, 0.717) is 25.7 Å². The van der Waals surface area contributed by atoms with Gasteiger partial charge >= 0.3 is 0 Å². The van der Waals surface area contributed by atoms with Crippen molar-refractivity contribution >= 4 is 11.8 Å². The third-order valence-electron chi connectivity index (χ3n) is 3.29. The molecule has 3 atom stereocenters. The molecule has 0 bridgehead atoms. The topological polar surface area (TPSA) is 76.7 Å². The van der Waals surface area contributed by atoms with E-state index < -0.39 is 12.2 Å². The number of carbonyl (C=O) groups excluding carboxylic acids is 2. The molecule has 0 aromatic carbocycles. The number of hydrogen-bond acceptors (Lipinski definition) is 4. The molecule has 24 heavy (non-hydrogen) atoms. The fraction of sp³-hybridized carbons (Fsp3) is 0.667. The predicted octanol–water partition coefficient (Wildman–Crippen LogP) is 1.82. The Morgan fingerprint density at radius 3 is 1.92 bits per heavy atom. The Balaban J connectivity index is 4.49. The molecule has 0 saturated carbocycles. The van der Waals surface area contributed by atoms with Crippen LogP contribution in [0.2, 0.25) is 0 Å². The van der Waals surface area contributed by atoms with Crippen LogP contribution in [0.5, 0.6) is 0 Å². The first kappa shape index (κ1) is 22.3. The van der Waals surface area contributed by atoms with Gasteiger partial charge in [0.05, 0.1) is 13.2 Å². The number of ether oxygens (including phenoxy) is 2. The molecular formula is C18H32N2O4. The fourth-order valence-corrected chi connectivity index (χ4v) is 2.02. The quantitative estimate of drug-likeness (QED) is 0.501. The monoisotopic (exact) mass is 340 g/mol. The van der Waals surface area contributed by atoms with E-state index in [4.69, 9.17) is 9.47 Å². The highest BCUT2D eigenvalue weighted by Crippen LogP contribution is 2.05. The lowest BCUT2D eigenvalue weighted by Crippen LogP contribution is -2.49. The predicted molar refractivity (Wildman–Crippen MR) is 95.6 cm³/mol. The third-order valence-corrected chi connectivity index (χ3v) is 3.29. The van der Waals surface area contributed by atoms with Gasteiger partial charge in [-0.25, -0.2) is 0 Å². The van der Waals surface area contributed by atoms with Gasteiger partial charge in [0, 0.05) is 12.6 Å². The number of nitrogens with one attached hydrogen (secondary N) is 2. The van der Waals surface area contributed by atoms with Crippen molar-refractivity contribution in [2.75, 3.05) is 19.8 Å². The second-order valence-corrected chi connectivity index (χ2v) is 6.11. The maximum Gasteiger partial charge on any atom is 0.249 e. The average Bonchev–Trinajstić information content (AvgIpc) is 2.54. The van der Waals surface area contributed by atoms with Crippen molar-refractivity contribution in [1.29, 1.82) is 0 Å². The number of carbonyl (C=O) groups is 2. The van der Waals surface area contributed by atoms with Crippen molar-refractivity contribution < 1.29 is 19.1 Å². The standard InChI is InChI=1S/C18H32N2O4/c1-7-9-23-14(5)17(21)19-12-16(11-13(3)4)20-18(22)15(6)24-10-8-2/h7-8,13-16H,1-2,9-12H2,3-6H3,(H,19,21)(H,20,22)/t14-,15-,16+/m1/s1. The normalized spacial score (nSPS) is 14.5. The van der Waals surface area contributed by atoms with E-state index in [1.807, 2.05) is 0 Å². The Morgan fingerprint density at radius 2 is 1.46 bits per heavy atom. The maximum atomic E-state index is 12.1. The number of rotatable bonds is 13. The zero-order valence-electron chi connectivity index (χ0n) is 15.3. The third kappa shape index (κ3) is 10.2. The minimum absolute atomic E-state index is 0.164. The van der Waals surface area contributed by atoms with E-state index in [1.54, 1.807) is 26.0 Å². The van der Waals surface area contributed by atoms with Crippen LogP contribution in [-0.4, -0.2) is 49.8 Å². The molecule has 0 aromatic heterocycles.